The van der Waals surface area contributed by atoms with Crippen LogP contribution in [0.2, 0.25) is 5.02 Å². The molecule has 0 fully saturated rings. The number of benzene rings is 3. The molecule has 0 aliphatic carbocycles. The summed E-state index contributed by atoms with van der Waals surface area (Å²) in [4.78, 5) is 11.3. The summed E-state index contributed by atoms with van der Waals surface area (Å²) < 4.78 is 33.0. The molecule has 0 aliphatic rings. The SMILES string of the molecule is O=C([O-])[C@@H](Cc1ccccc1)NS(=O)(=O)c1ccc(Oc2ccccc2Cl)cc1. The maximum absolute atomic E-state index is 12.6. The van der Waals surface area contributed by atoms with Gasteiger partial charge in [0.2, 0.25) is 10.0 Å². The zero-order valence-electron chi connectivity index (χ0n) is 15.1. The molecular weight excluding hydrogens is 414 g/mol. The molecule has 0 unspecified atom stereocenters. The lowest BCUT2D eigenvalue weighted by molar-refractivity contribution is -0.307. The Morgan fingerprint density at radius 1 is 0.966 bits per heavy atom. The Morgan fingerprint density at radius 3 is 2.21 bits per heavy atom. The lowest BCUT2D eigenvalue weighted by atomic mass is 10.1. The Kier molecular flexibility index (Phi) is 6.53. The van der Waals surface area contributed by atoms with Crippen LogP contribution in [0.1, 0.15) is 5.56 Å². The molecule has 3 aromatic carbocycles. The van der Waals surface area contributed by atoms with Crippen molar-refractivity contribution in [1.29, 1.82) is 0 Å². The van der Waals surface area contributed by atoms with Crippen molar-refractivity contribution in [3.63, 3.8) is 0 Å². The number of aliphatic carboxylic acids is 1. The summed E-state index contributed by atoms with van der Waals surface area (Å²) in [5.41, 5.74) is 0.674. The third kappa shape index (κ3) is 5.57. The number of halogens is 1. The van der Waals surface area contributed by atoms with Gasteiger partial charge in [-0.3, -0.25) is 0 Å². The monoisotopic (exact) mass is 430 g/mol. The number of rotatable bonds is 8. The molecule has 0 bridgehead atoms. The van der Waals surface area contributed by atoms with Crippen molar-refractivity contribution in [2.45, 2.75) is 17.4 Å². The van der Waals surface area contributed by atoms with E-state index in [2.05, 4.69) is 4.72 Å². The Balaban J connectivity index is 1.74. The lowest BCUT2D eigenvalue weighted by Gasteiger charge is -2.20. The summed E-state index contributed by atoms with van der Waals surface area (Å²) in [5, 5.41) is 11.9. The van der Waals surface area contributed by atoms with E-state index in [-0.39, 0.29) is 11.3 Å². The highest BCUT2D eigenvalue weighted by Crippen LogP contribution is 2.29. The molecule has 29 heavy (non-hydrogen) atoms. The molecule has 0 heterocycles. The highest BCUT2D eigenvalue weighted by molar-refractivity contribution is 7.89. The minimum absolute atomic E-state index is 0.0316. The van der Waals surface area contributed by atoms with E-state index in [0.717, 1.165) is 0 Å². The van der Waals surface area contributed by atoms with E-state index in [1.807, 2.05) is 0 Å². The van der Waals surface area contributed by atoms with Crippen LogP contribution in [0, 0.1) is 0 Å². The summed E-state index contributed by atoms with van der Waals surface area (Å²) in [5.74, 6) is -0.684. The third-order valence-corrected chi connectivity index (χ3v) is 5.86. The second-order valence-corrected chi connectivity index (χ2v) is 8.31. The van der Waals surface area contributed by atoms with E-state index in [9.17, 15) is 18.3 Å². The van der Waals surface area contributed by atoms with E-state index >= 15 is 0 Å². The number of hydrogen-bond acceptors (Lipinski definition) is 5. The molecule has 6 nitrogen and oxygen atoms in total. The smallest absolute Gasteiger partial charge is 0.241 e. The van der Waals surface area contributed by atoms with Gasteiger partial charge in [0.1, 0.15) is 11.5 Å². The minimum atomic E-state index is -4.07. The van der Waals surface area contributed by atoms with Gasteiger partial charge in [0.15, 0.2) is 0 Å². The van der Waals surface area contributed by atoms with E-state index in [1.165, 1.54) is 24.3 Å². The van der Waals surface area contributed by atoms with Crippen LogP contribution in [0.15, 0.2) is 83.8 Å². The molecule has 0 saturated heterocycles. The standard InChI is InChI=1S/C21H18ClNO5S/c22-18-8-4-5-9-20(18)28-16-10-12-17(13-11-16)29(26,27)23-19(21(24)25)14-15-6-2-1-3-7-15/h1-13,19,23H,14H2,(H,24,25)/p-1/t19-/m1/s1. The van der Waals surface area contributed by atoms with Gasteiger partial charge in [-0.05, 0) is 48.4 Å². The van der Waals surface area contributed by atoms with Crippen LogP contribution in [0.25, 0.3) is 0 Å². The largest absolute Gasteiger partial charge is 0.548 e. The van der Waals surface area contributed by atoms with Crippen molar-refractivity contribution < 1.29 is 23.1 Å². The summed E-state index contributed by atoms with van der Waals surface area (Å²) >= 11 is 6.04. The number of carbonyl (C=O) groups is 1. The normalized spacial score (nSPS) is 12.3. The third-order valence-electron chi connectivity index (χ3n) is 4.06. The summed E-state index contributed by atoms with van der Waals surface area (Å²) in [6.45, 7) is 0. The van der Waals surface area contributed by atoms with Crippen molar-refractivity contribution in [3.8, 4) is 11.5 Å². The number of carboxylic acid groups (broad SMARTS) is 1. The van der Waals surface area contributed by atoms with Crippen LogP contribution in [-0.2, 0) is 21.2 Å². The first-order valence-corrected chi connectivity index (χ1v) is 10.5. The van der Waals surface area contributed by atoms with Gasteiger partial charge in [-0.15, -0.1) is 0 Å². The van der Waals surface area contributed by atoms with Gasteiger partial charge in [-0.25, -0.2) is 13.1 Å². The van der Waals surface area contributed by atoms with Crippen LogP contribution in [0.5, 0.6) is 11.5 Å². The Hall–Kier alpha value is -2.87. The number of ether oxygens (including phenoxy) is 1. The van der Waals surface area contributed by atoms with E-state index in [0.29, 0.717) is 22.1 Å². The number of nitrogens with one attached hydrogen (secondary N) is 1. The fraction of sp³-hybridized carbons (Fsp3) is 0.0952. The van der Waals surface area contributed by atoms with Gasteiger partial charge in [0.25, 0.3) is 0 Å². The van der Waals surface area contributed by atoms with Gasteiger partial charge in [0, 0.05) is 0 Å². The molecule has 0 aliphatic heterocycles. The fourth-order valence-electron chi connectivity index (χ4n) is 2.62. The molecule has 0 aromatic heterocycles. The summed E-state index contributed by atoms with van der Waals surface area (Å²) in [6.07, 6.45) is -0.0316. The van der Waals surface area contributed by atoms with Crippen LogP contribution in [0.4, 0.5) is 0 Å². The van der Waals surface area contributed by atoms with Gasteiger partial charge < -0.3 is 14.6 Å². The first-order chi connectivity index (χ1) is 13.8. The molecule has 0 radical (unpaired) electrons. The van der Waals surface area contributed by atoms with E-state index in [1.54, 1.807) is 54.6 Å². The van der Waals surface area contributed by atoms with Crippen molar-refractivity contribution in [2.24, 2.45) is 0 Å². The van der Waals surface area contributed by atoms with Crippen molar-refractivity contribution in [2.75, 3.05) is 0 Å². The van der Waals surface area contributed by atoms with Crippen LogP contribution < -0.4 is 14.6 Å². The summed E-state index contributed by atoms with van der Waals surface area (Å²) in [7, 11) is -4.07. The second-order valence-electron chi connectivity index (χ2n) is 6.19. The van der Waals surface area contributed by atoms with Crippen LogP contribution in [-0.4, -0.2) is 20.4 Å². The number of carboxylic acids is 1. The maximum atomic E-state index is 12.6. The van der Waals surface area contributed by atoms with E-state index < -0.39 is 22.0 Å². The topological polar surface area (TPSA) is 95.5 Å². The molecule has 3 aromatic rings. The Bertz CT molecular complexity index is 1090. The van der Waals surface area contributed by atoms with Crippen molar-refractivity contribution >= 4 is 27.6 Å². The highest BCUT2D eigenvalue weighted by Gasteiger charge is 2.21. The molecular formula is C21H17ClNO5S-. The summed E-state index contributed by atoms with van der Waals surface area (Å²) in [6, 6.07) is 19.7. The van der Waals surface area contributed by atoms with E-state index in [4.69, 9.17) is 16.3 Å². The maximum Gasteiger partial charge on any atom is 0.241 e. The van der Waals surface area contributed by atoms with Gasteiger partial charge >= 0.3 is 0 Å². The van der Waals surface area contributed by atoms with Gasteiger partial charge in [-0.2, -0.15) is 0 Å². The predicted molar refractivity (Wildman–Crippen MR) is 107 cm³/mol. The lowest BCUT2D eigenvalue weighted by Crippen LogP contribution is -2.49. The van der Waals surface area contributed by atoms with Crippen molar-refractivity contribution in [3.05, 3.63) is 89.4 Å². The molecule has 8 heteroatoms. The number of carbonyl (C=O) groups excluding carboxylic acids is 1. The number of hydrogen-bond donors (Lipinski definition) is 1. The fourth-order valence-corrected chi connectivity index (χ4v) is 3.98. The zero-order chi connectivity index (χ0) is 20.9. The first kappa shape index (κ1) is 20.9. The zero-order valence-corrected chi connectivity index (χ0v) is 16.7. The van der Waals surface area contributed by atoms with Gasteiger partial charge in [-0.1, -0.05) is 54.1 Å². The molecule has 150 valence electrons. The molecule has 0 spiro atoms. The molecule has 3 rings (SSSR count). The van der Waals surface area contributed by atoms with Crippen LogP contribution in [0.3, 0.4) is 0 Å². The average Bonchev–Trinajstić information content (AvgIpc) is 2.70. The minimum Gasteiger partial charge on any atom is -0.548 e. The second kappa shape index (κ2) is 9.09. The van der Waals surface area contributed by atoms with Crippen LogP contribution >= 0.6 is 11.6 Å². The molecule has 0 saturated carbocycles. The average molecular weight is 431 g/mol. The van der Waals surface area contributed by atoms with Crippen molar-refractivity contribution in [1.82, 2.24) is 4.72 Å². The molecule has 1 atom stereocenters. The first-order valence-electron chi connectivity index (χ1n) is 8.65. The Labute approximate surface area is 173 Å². The predicted octanol–water partition coefficient (Wildman–Crippen LogP) is 2.77. The number of para-hydroxylation sites is 1. The van der Waals surface area contributed by atoms with Gasteiger partial charge in [0.05, 0.1) is 21.9 Å². The highest BCUT2D eigenvalue weighted by atomic mass is 35.5. The Morgan fingerprint density at radius 2 is 1.59 bits per heavy atom. The quantitative estimate of drug-likeness (QED) is 0.592. The molecule has 1 N–H and O–H groups in total. The molecule has 0 amide bonds. The number of sulfonamides is 1.